The molecule has 0 fully saturated rings. The van der Waals surface area contributed by atoms with Crippen molar-refractivity contribution in [3.63, 3.8) is 0 Å². The normalized spacial score (nSPS) is 20.3. The van der Waals surface area contributed by atoms with Crippen LogP contribution in [0.3, 0.4) is 0 Å². The molecule has 0 bridgehead atoms. The van der Waals surface area contributed by atoms with Gasteiger partial charge in [0.15, 0.2) is 9.84 Å². The van der Waals surface area contributed by atoms with Crippen molar-refractivity contribution in [1.29, 1.82) is 0 Å². The molecular weight excluding hydrogens is 284 g/mol. The van der Waals surface area contributed by atoms with Gasteiger partial charge in [0.2, 0.25) is 0 Å². The fraction of sp³-hybridized carbons (Fsp3) is 0.688. The SMILES string of the molecule is CCCNC(C1CCc2cccnc21)C(C)(C)S(C)(=O)=O. The Morgan fingerprint density at radius 2 is 2.19 bits per heavy atom. The van der Waals surface area contributed by atoms with E-state index < -0.39 is 14.6 Å². The third-order valence-electron chi connectivity index (χ3n) is 4.72. The second kappa shape index (κ2) is 6.05. The fourth-order valence-electron chi connectivity index (χ4n) is 3.17. The summed E-state index contributed by atoms with van der Waals surface area (Å²) in [6.07, 6.45) is 6.08. The summed E-state index contributed by atoms with van der Waals surface area (Å²) < 4.78 is 23.7. The van der Waals surface area contributed by atoms with Gasteiger partial charge in [-0.05, 0) is 51.3 Å². The first-order valence-corrected chi connectivity index (χ1v) is 9.55. The molecule has 1 aromatic heterocycles. The summed E-state index contributed by atoms with van der Waals surface area (Å²) in [5.74, 6) is 0.164. The molecule has 5 heteroatoms. The first-order valence-electron chi connectivity index (χ1n) is 7.65. The van der Waals surface area contributed by atoms with E-state index in [9.17, 15) is 8.42 Å². The molecular formula is C16H26N2O2S. The van der Waals surface area contributed by atoms with Crippen LogP contribution in [-0.4, -0.2) is 37.0 Å². The topological polar surface area (TPSA) is 59.1 Å². The van der Waals surface area contributed by atoms with Crippen molar-refractivity contribution >= 4 is 9.84 Å². The number of pyridine rings is 1. The number of fused-ring (bicyclic) bond motifs is 1. The second-order valence-electron chi connectivity index (χ2n) is 6.50. The van der Waals surface area contributed by atoms with Crippen LogP contribution >= 0.6 is 0 Å². The molecule has 1 heterocycles. The molecule has 0 amide bonds. The predicted octanol–water partition coefficient (Wildman–Crippen LogP) is 2.30. The van der Waals surface area contributed by atoms with E-state index in [1.807, 2.05) is 26.1 Å². The van der Waals surface area contributed by atoms with Crippen LogP contribution in [0.2, 0.25) is 0 Å². The molecule has 0 spiro atoms. The van der Waals surface area contributed by atoms with E-state index in [2.05, 4.69) is 23.3 Å². The Morgan fingerprint density at radius 3 is 2.81 bits per heavy atom. The first-order chi connectivity index (χ1) is 9.79. The van der Waals surface area contributed by atoms with Crippen molar-refractivity contribution in [1.82, 2.24) is 10.3 Å². The average molecular weight is 310 g/mol. The fourth-order valence-corrected chi connectivity index (χ4v) is 3.88. The van der Waals surface area contributed by atoms with Gasteiger partial charge in [-0.1, -0.05) is 13.0 Å². The molecule has 0 saturated carbocycles. The summed E-state index contributed by atoms with van der Waals surface area (Å²) in [7, 11) is -3.16. The highest BCUT2D eigenvalue weighted by Gasteiger charge is 2.45. The smallest absolute Gasteiger partial charge is 0.154 e. The molecule has 2 unspecified atom stereocenters. The van der Waals surface area contributed by atoms with Crippen LogP contribution < -0.4 is 5.32 Å². The van der Waals surface area contributed by atoms with Crippen LogP contribution in [0.4, 0.5) is 0 Å². The quantitative estimate of drug-likeness (QED) is 0.876. The third kappa shape index (κ3) is 3.14. The number of hydrogen-bond acceptors (Lipinski definition) is 4. The van der Waals surface area contributed by atoms with Crippen LogP contribution in [0.25, 0.3) is 0 Å². The lowest BCUT2D eigenvalue weighted by molar-refractivity contribution is 0.348. The van der Waals surface area contributed by atoms with Crippen molar-refractivity contribution in [3.8, 4) is 0 Å². The minimum atomic E-state index is -3.16. The van der Waals surface area contributed by atoms with Gasteiger partial charge in [0.1, 0.15) is 0 Å². The lowest BCUT2D eigenvalue weighted by Gasteiger charge is -2.37. The molecule has 0 aliphatic heterocycles. The molecule has 0 radical (unpaired) electrons. The van der Waals surface area contributed by atoms with E-state index in [0.717, 1.165) is 31.5 Å². The van der Waals surface area contributed by atoms with Gasteiger partial charge in [-0.2, -0.15) is 0 Å². The Bertz CT molecular complexity index is 596. The largest absolute Gasteiger partial charge is 0.312 e. The molecule has 2 rings (SSSR count). The summed E-state index contributed by atoms with van der Waals surface area (Å²) >= 11 is 0. The summed E-state index contributed by atoms with van der Waals surface area (Å²) in [6, 6.07) is 3.95. The van der Waals surface area contributed by atoms with Crippen LogP contribution in [0.1, 0.15) is 50.8 Å². The molecule has 0 saturated heterocycles. The van der Waals surface area contributed by atoms with Gasteiger partial charge in [-0.3, -0.25) is 4.98 Å². The Morgan fingerprint density at radius 1 is 1.48 bits per heavy atom. The molecule has 1 aliphatic rings. The number of hydrogen-bond donors (Lipinski definition) is 1. The molecule has 1 N–H and O–H groups in total. The van der Waals surface area contributed by atoms with Crippen molar-refractivity contribution < 1.29 is 8.42 Å². The predicted molar refractivity (Wildman–Crippen MR) is 86.3 cm³/mol. The van der Waals surface area contributed by atoms with Crippen LogP contribution in [-0.2, 0) is 16.3 Å². The van der Waals surface area contributed by atoms with E-state index in [-0.39, 0.29) is 12.0 Å². The summed E-state index contributed by atoms with van der Waals surface area (Å²) in [4.78, 5) is 4.53. The van der Waals surface area contributed by atoms with E-state index in [0.29, 0.717) is 0 Å². The average Bonchev–Trinajstić information content (AvgIpc) is 2.82. The van der Waals surface area contributed by atoms with E-state index >= 15 is 0 Å². The molecule has 1 aromatic rings. The number of sulfone groups is 1. The maximum absolute atomic E-state index is 12.3. The number of rotatable bonds is 6. The molecule has 0 aromatic carbocycles. The summed E-state index contributed by atoms with van der Waals surface area (Å²) in [5.41, 5.74) is 2.33. The zero-order valence-corrected chi connectivity index (χ0v) is 14.2. The zero-order valence-electron chi connectivity index (χ0n) is 13.4. The van der Waals surface area contributed by atoms with Gasteiger partial charge in [0.05, 0.1) is 4.75 Å². The molecule has 1 aliphatic carbocycles. The minimum Gasteiger partial charge on any atom is -0.312 e. The van der Waals surface area contributed by atoms with Crippen molar-refractivity contribution in [2.75, 3.05) is 12.8 Å². The minimum absolute atomic E-state index is 0.108. The van der Waals surface area contributed by atoms with E-state index in [4.69, 9.17) is 0 Å². The summed E-state index contributed by atoms with van der Waals surface area (Å²) in [6.45, 7) is 6.58. The van der Waals surface area contributed by atoms with E-state index in [1.165, 1.54) is 11.8 Å². The standard InChI is InChI=1S/C16H26N2O2S/c1-5-10-18-15(16(2,3)21(4,19)20)13-9-8-12-7-6-11-17-14(12)13/h6-7,11,13,15,18H,5,8-10H2,1-4H3. The van der Waals surface area contributed by atoms with Gasteiger partial charge in [0, 0.05) is 30.1 Å². The lowest BCUT2D eigenvalue weighted by Crippen LogP contribution is -2.54. The number of aryl methyl sites for hydroxylation is 1. The monoisotopic (exact) mass is 310 g/mol. The maximum Gasteiger partial charge on any atom is 0.154 e. The maximum atomic E-state index is 12.3. The molecule has 2 atom stereocenters. The Kier molecular flexibility index (Phi) is 4.73. The highest BCUT2D eigenvalue weighted by atomic mass is 32.2. The third-order valence-corrected chi connectivity index (χ3v) is 6.89. The Balaban J connectivity index is 2.39. The number of aromatic nitrogens is 1. The zero-order chi connectivity index (χ0) is 15.7. The highest BCUT2D eigenvalue weighted by molar-refractivity contribution is 7.92. The molecule has 4 nitrogen and oxygen atoms in total. The van der Waals surface area contributed by atoms with Gasteiger partial charge < -0.3 is 5.32 Å². The summed E-state index contributed by atoms with van der Waals surface area (Å²) in [5, 5.41) is 3.48. The number of nitrogens with zero attached hydrogens (tertiary/aromatic N) is 1. The highest BCUT2D eigenvalue weighted by Crippen LogP contribution is 2.39. The second-order valence-corrected chi connectivity index (χ2v) is 9.10. The molecule has 21 heavy (non-hydrogen) atoms. The van der Waals surface area contributed by atoms with Gasteiger partial charge in [-0.15, -0.1) is 0 Å². The van der Waals surface area contributed by atoms with Crippen molar-refractivity contribution in [2.24, 2.45) is 0 Å². The van der Waals surface area contributed by atoms with Crippen LogP contribution in [0, 0.1) is 0 Å². The van der Waals surface area contributed by atoms with Gasteiger partial charge in [-0.25, -0.2) is 8.42 Å². The Labute approximate surface area is 128 Å². The van der Waals surface area contributed by atoms with Crippen LogP contribution in [0.15, 0.2) is 18.3 Å². The number of nitrogens with one attached hydrogen (secondary N) is 1. The van der Waals surface area contributed by atoms with Gasteiger partial charge in [0.25, 0.3) is 0 Å². The van der Waals surface area contributed by atoms with Crippen molar-refractivity contribution in [3.05, 3.63) is 29.6 Å². The first kappa shape index (κ1) is 16.4. The Hall–Kier alpha value is -0.940. The van der Waals surface area contributed by atoms with Gasteiger partial charge >= 0.3 is 0 Å². The van der Waals surface area contributed by atoms with Crippen LogP contribution in [0.5, 0.6) is 0 Å². The molecule has 118 valence electrons. The lowest BCUT2D eigenvalue weighted by atomic mass is 9.87. The van der Waals surface area contributed by atoms with E-state index in [1.54, 1.807) is 0 Å². The van der Waals surface area contributed by atoms with Crippen molar-refractivity contribution in [2.45, 2.75) is 56.7 Å².